The molecule has 3 heterocycles. The summed E-state index contributed by atoms with van der Waals surface area (Å²) in [6.07, 6.45) is 7.59. The number of imidazole rings is 1. The van der Waals surface area contributed by atoms with Crippen molar-refractivity contribution in [1.29, 1.82) is 0 Å². The molecule has 0 unspecified atom stereocenters. The number of hydrogen-bond donors (Lipinski definition) is 3. The molecule has 0 radical (unpaired) electrons. The number of nitrogen functional groups attached to an aromatic ring is 1. The number of anilines is 3. The second-order valence-corrected chi connectivity index (χ2v) is 7.28. The summed E-state index contributed by atoms with van der Waals surface area (Å²) >= 11 is 0. The van der Waals surface area contributed by atoms with Crippen LogP contribution >= 0.6 is 0 Å². The van der Waals surface area contributed by atoms with Gasteiger partial charge in [0.1, 0.15) is 11.6 Å². The maximum atomic E-state index is 6.37. The Kier molecular flexibility index (Phi) is 4.24. The van der Waals surface area contributed by atoms with Gasteiger partial charge in [-0.3, -0.25) is 0 Å². The van der Waals surface area contributed by atoms with Crippen molar-refractivity contribution in [1.82, 2.24) is 19.6 Å². The van der Waals surface area contributed by atoms with Crippen LogP contribution in [-0.2, 0) is 0 Å². The number of nitrogens with two attached hydrogens (primary N) is 2. The summed E-state index contributed by atoms with van der Waals surface area (Å²) in [4.78, 5) is 9.12. The third-order valence-electron chi connectivity index (χ3n) is 5.14. The quantitative estimate of drug-likeness (QED) is 0.669. The highest BCUT2D eigenvalue weighted by atomic mass is 15.3. The number of hydrogen-bond acceptors (Lipinski definition) is 6. The monoisotopic (exact) mass is 351 g/mol. The van der Waals surface area contributed by atoms with Crippen LogP contribution < -0.4 is 16.8 Å². The van der Waals surface area contributed by atoms with Crippen molar-refractivity contribution >= 4 is 23.0 Å². The molecule has 136 valence electrons. The van der Waals surface area contributed by atoms with Gasteiger partial charge in [0, 0.05) is 29.7 Å². The molecule has 5 N–H and O–H groups in total. The molecule has 3 aromatic heterocycles. The summed E-state index contributed by atoms with van der Waals surface area (Å²) in [5, 5.41) is 7.99. The zero-order chi connectivity index (χ0) is 18.3. The van der Waals surface area contributed by atoms with Crippen LogP contribution in [0.4, 0.5) is 17.3 Å². The molecule has 7 nitrogen and oxygen atoms in total. The Morgan fingerprint density at radius 1 is 1.15 bits per heavy atom. The predicted octanol–water partition coefficient (Wildman–Crippen LogP) is 3.05. The first-order valence-electron chi connectivity index (χ1n) is 9.12. The molecule has 4 rings (SSSR count). The summed E-state index contributed by atoms with van der Waals surface area (Å²) in [7, 11) is 0. The lowest BCUT2D eigenvalue weighted by Crippen LogP contribution is -2.26. The van der Waals surface area contributed by atoms with E-state index >= 15 is 0 Å². The van der Waals surface area contributed by atoms with Crippen LogP contribution in [0.3, 0.4) is 0 Å². The molecule has 0 atom stereocenters. The zero-order valence-electron chi connectivity index (χ0n) is 15.2. The van der Waals surface area contributed by atoms with Gasteiger partial charge in [-0.2, -0.15) is 0 Å². The molecular formula is C19H25N7. The molecule has 1 saturated carbocycles. The number of fused-ring (bicyclic) bond motifs is 1. The van der Waals surface area contributed by atoms with Gasteiger partial charge in [0.15, 0.2) is 5.65 Å². The molecule has 1 fully saturated rings. The second kappa shape index (κ2) is 6.57. The smallest absolute Gasteiger partial charge is 0.177 e. The summed E-state index contributed by atoms with van der Waals surface area (Å²) in [6.45, 7) is 4.06. The molecule has 26 heavy (non-hydrogen) atoms. The topological polar surface area (TPSA) is 107 Å². The lowest BCUT2D eigenvalue weighted by Gasteiger charge is -2.28. The first kappa shape index (κ1) is 16.8. The molecule has 0 amide bonds. The van der Waals surface area contributed by atoms with E-state index in [4.69, 9.17) is 11.5 Å². The molecule has 3 aromatic rings. The third-order valence-corrected chi connectivity index (χ3v) is 5.14. The van der Waals surface area contributed by atoms with Crippen LogP contribution in [0, 0.1) is 13.8 Å². The average Bonchev–Trinajstić information content (AvgIpc) is 3.03. The van der Waals surface area contributed by atoms with Gasteiger partial charge in [-0.05, 0) is 63.1 Å². The van der Waals surface area contributed by atoms with E-state index in [0.717, 1.165) is 59.7 Å². The molecule has 7 heteroatoms. The molecule has 0 aliphatic heterocycles. The number of rotatable bonds is 3. The Labute approximate surface area is 152 Å². The minimum Gasteiger partial charge on any atom is -0.382 e. The lowest BCUT2D eigenvalue weighted by molar-refractivity contribution is 0.396. The SMILES string of the molecule is Cc1cc(C)nc(Nc2c3nccn3nc(N)c2[C@H]2CC[C@H](N)CC2)c1. The Hall–Kier alpha value is -2.67. The van der Waals surface area contributed by atoms with Crippen LogP contribution in [0.25, 0.3) is 5.65 Å². The van der Waals surface area contributed by atoms with Gasteiger partial charge in [-0.1, -0.05) is 0 Å². The Morgan fingerprint density at radius 3 is 2.65 bits per heavy atom. The maximum absolute atomic E-state index is 6.37. The molecule has 0 spiro atoms. The van der Waals surface area contributed by atoms with Crippen molar-refractivity contribution in [3.8, 4) is 0 Å². The highest BCUT2D eigenvalue weighted by molar-refractivity contribution is 5.80. The van der Waals surface area contributed by atoms with Gasteiger partial charge in [-0.15, -0.1) is 5.10 Å². The van der Waals surface area contributed by atoms with Crippen molar-refractivity contribution < 1.29 is 0 Å². The standard InChI is InChI=1S/C19H25N7/c1-11-9-12(2)23-15(10-11)24-17-16(13-3-5-14(20)6-4-13)18(21)25-26-8-7-22-19(17)26/h7-10,13-14H,3-6,20H2,1-2H3,(H2,21,25)(H,23,24)/t13-,14-. The van der Waals surface area contributed by atoms with Gasteiger partial charge in [0.2, 0.25) is 0 Å². The Bertz CT molecular complexity index is 918. The predicted molar refractivity (Wildman–Crippen MR) is 104 cm³/mol. The zero-order valence-corrected chi connectivity index (χ0v) is 15.2. The fraction of sp³-hybridized carbons (Fsp3) is 0.421. The fourth-order valence-electron chi connectivity index (χ4n) is 3.95. The number of nitrogens with zero attached hydrogens (tertiary/aromatic N) is 4. The van der Waals surface area contributed by atoms with Gasteiger partial charge < -0.3 is 16.8 Å². The van der Waals surface area contributed by atoms with E-state index in [1.165, 1.54) is 0 Å². The van der Waals surface area contributed by atoms with E-state index in [2.05, 4.69) is 33.4 Å². The lowest BCUT2D eigenvalue weighted by atomic mass is 9.81. The van der Waals surface area contributed by atoms with Gasteiger partial charge in [-0.25, -0.2) is 14.5 Å². The summed E-state index contributed by atoms with van der Waals surface area (Å²) in [6, 6.07) is 4.37. The molecule has 0 bridgehead atoms. The average molecular weight is 351 g/mol. The Morgan fingerprint density at radius 2 is 1.92 bits per heavy atom. The second-order valence-electron chi connectivity index (χ2n) is 7.28. The number of pyridine rings is 1. The normalized spacial score (nSPS) is 20.4. The summed E-state index contributed by atoms with van der Waals surface area (Å²) < 4.78 is 1.72. The maximum Gasteiger partial charge on any atom is 0.177 e. The first-order chi connectivity index (χ1) is 12.5. The van der Waals surface area contributed by atoms with Crippen LogP contribution in [0.5, 0.6) is 0 Å². The van der Waals surface area contributed by atoms with E-state index in [-0.39, 0.29) is 6.04 Å². The van der Waals surface area contributed by atoms with Crippen molar-refractivity contribution in [3.63, 3.8) is 0 Å². The van der Waals surface area contributed by atoms with Crippen LogP contribution in [0.15, 0.2) is 24.5 Å². The molecule has 1 aliphatic carbocycles. The van der Waals surface area contributed by atoms with Crippen molar-refractivity contribution in [2.24, 2.45) is 5.73 Å². The van der Waals surface area contributed by atoms with Crippen LogP contribution in [0.2, 0.25) is 0 Å². The molecule has 1 aliphatic rings. The minimum absolute atomic E-state index is 0.285. The highest BCUT2D eigenvalue weighted by Crippen LogP contribution is 2.41. The summed E-state index contributed by atoms with van der Waals surface area (Å²) in [5.74, 6) is 1.67. The third kappa shape index (κ3) is 3.10. The van der Waals surface area contributed by atoms with E-state index in [1.54, 1.807) is 10.7 Å². The van der Waals surface area contributed by atoms with E-state index in [1.807, 2.05) is 19.2 Å². The van der Waals surface area contributed by atoms with Gasteiger partial charge >= 0.3 is 0 Å². The molecule has 0 saturated heterocycles. The van der Waals surface area contributed by atoms with Crippen molar-refractivity contribution in [3.05, 3.63) is 41.3 Å². The van der Waals surface area contributed by atoms with E-state index in [0.29, 0.717) is 11.7 Å². The van der Waals surface area contributed by atoms with E-state index in [9.17, 15) is 0 Å². The van der Waals surface area contributed by atoms with Gasteiger partial charge in [0.05, 0.1) is 5.69 Å². The molecule has 0 aromatic carbocycles. The number of aromatic nitrogens is 4. The highest BCUT2D eigenvalue weighted by Gasteiger charge is 2.27. The fourth-order valence-corrected chi connectivity index (χ4v) is 3.95. The van der Waals surface area contributed by atoms with Crippen LogP contribution in [0.1, 0.15) is 48.4 Å². The minimum atomic E-state index is 0.285. The molecular weight excluding hydrogens is 326 g/mol. The summed E-state index contributed by atoms with van der Waals surface area (Å²) in [5.41, 5.74) is 17.3. The number of nitrogens with one attached hydrogen (secondary N) is 1. The van der Waals surface area contributed by atoms with E-state index < -0.39 is 0 Å². The van der Waals surface area contributed by atoms with Crippen LogP contribution in [-0.4, -0.2) is 25.6 Å². The van der Waals surface area contributed by atoms with Crippen molar-refractivity contribution in [2.45, 2.75) is 51.5 Å². The first-order valence-corrected chi connectivity index (χ1v) is 9.12. The van der Waals surface area contributed by atoms with Crippen molar-refractivity contribution in [2.75, 3.05) is 11.1 Å². The Balaban J connectivity index is 1.82. The van der Waals surface area contributed by atoms with Gasteiger partial charge in [0.25, 0.3) is 0 Å². The largest absolute Gasteiger partial charge is 0.382 e. The number of aryl methyl sites for hydroxylation is 2.